The van der Waals surface area contributed by atoms with E-state index in [0.29, 0.717) is 17.7 Å². The van der Waals surface area contributed by atoms with E-state index >= 15 is 0 Å². The lowest BCUT2D eigenvalue weighted by Gasteiger charge is -2.16. The van der Waals surface area contributed by atoms with Crippen molar-refractivity contribution in [1.82, 2.24) is 5.32 Å². The van der Waals surface area contributed by atoms with E-state index < -0.39 is 23.8 Å². The minimum atomic E-state index is -0.817. The third-order valence-corrected chi connectivity index (χ3v) is 3.55. The molecule has 0 heterocycles. The highest BCUT2D eigenvalue weighted by Crippen LogP contribution is 2.13. The Labute approximate surface area is 146 Å². The minimum Gasteiger partial charge on any atom is -0.427 e. The van der Waals surface area contributed by atoms with Crippen LogP contribution in [0.1, 0.15) is 28.4 Å². The molecular formula is C19H20N2O4. The number of nitrogens with one attached hydrogen (secondary N) is 1. The molecule has 0 saturated heterocycles. The molecule has 2 rings (SSSR count). The molecule has 0 bridgehead atoms. The maximum absolute atomic E-state index is 12.3. The summed E-state index contributed by atoms with van der Waals surface area (Å²) in [5.74, 6) is -1.13. The SMILES string of the molecule is CC(=O)Oc1ccc(C(=O)N[C@H](Cc2cccc(C)c2)C(N)=O)cc1. The van der Waals surface area contributed by atoms with Gasteiger partial charge in [0, 0.05) is 18.9 Å². The summed E-state index contributed by atoms with van der Waals surface area (Å²) in [7, 11) is 0. The molecule has 0 aromatic heterocycles. The fourth-order valence-electron chi connectivity index (χ4n) is 2.38. The van der Waals surface area contributed by atoms with Crippen LogP contribution in [0.2, 0.25) is 0 Å². The number of amides is 2. The number of rotatable bonds is 6. The van der Waals surface area contributed by atoms with Crippen LogP contribution < -0.4 is 15.8 Å². The molecule has 0 aliphatic rings. The van der Waals surface area contributed by atoms with Crippen LogP contribution >= 0.6 is 0 Å². The first-order valence-electron chi connectivity index (χ1n) is 7.79. The van der Waals surface area contributed by atoms with Crippen LogP contribution in [0.25, 0.3) is 0 Å². The number of ether oxygens (including phenoxy) is 1. The predicted molar refractivity (Wildman–Crippen MR) is 93.1 cm³/mol. The van der Waals surface area contributed by atoms with Crippen molar-refractivity contribution in [1.29, 1.82) is 0 Å². The van der Waals surface area contributed by atoms with Crippen molar-refractivity contribution in [3.63, 3.8) is 0 Å². The molecule has 6 heteroatoms. The molecule has 0 aliphatic carbocycles. The summed E-state index contributed by atoms with van der Waals surface area (Å²) < 4.78 is 4.91. The number of hydrogen-bond acceptors (Lipinski definition) is 4. The monoisotopic (exact) mass is 340 g/mol. The summed E-state index contributed by atoms with van der Waals surface area (Å²) in [6, 6.07) is 12.9. The zero-order valence-electron chi connectivity index (χ0n) is 14.1. The smallest absolute Gasteiger partial charge is 0.308 e. The molecule has 130 valence electrons. The lowest BCUT2D eigenvalue weighted by molar-refractivity contribution is -0.131. The van der Waals surface area contributed by atoms with Crippen molar-refractivity contribution in [3.8, 4) is 5.75 Å². The van der Waals surface area contributed by atoms with E-state index in [1.54, 1.807) is 0 Å². The number of hydrogen-bond donors (Lipinski definition) is 2. The highest BCUT2D eigenvalue weighted by atomic mass is 16.5. The van der Waals surface area contributed by atoms with Gasteiger partial charge in [-0.3, -0.25) is 14.4 Å². The first-order chi connectivity index (χ1) is 11.8. The summed E-state index contributed by atoms with van der Waals surface area (Å²) in [6.45, 7) is 3.25. The molecule has 2 aromatic rings. The molecule has 0 fully saturated rings. The zero-order valence-corrected chi connectivity index (χ0v) is 14.1. The van der Waals surface area contributed by atoms with Gasteiger partial charge < -0.3 is 15.8 Å². The Hall–Kier alpha value is -3.15. The molecule has 25 heavy (non-hydrogen) atoms. The van der Waals surface area contributed by atoms with E-state index in [9.17, 15) is 14.4 Å². The van der Waals surface area contributed by atoms with Crippen LogP contribution in [0, 0.1) is 6.92 Å². The van der Waals surface area contributed by atoms with E-state index in [4.69, 9.17) is 10.5 Å². The minimum absolute atomic E-state index is 0.314. The van der Waals surface area contributed by atoms with Crippen molar-refractivity contribution in [2.24, 2.45) is 5.73 Å². The Bertz CT molecular complexity index is 784. The number of benzene rings is 2. The fraction of sp³-hybridized carbons (Fsp3) is 0.211. The highest BCUT2D eigenvalue weighted by molar-refractivity contribution is 5.97. The van der Waals surface area contributed by atoms with Gasteiger partial charge >= 0.3 is 5.97 Å². The Kier molecular flexibility index (Phi) is 5.89. The second-order valence-electron chi connectivity index (χ2n) is 5.74. The molecule has 3 N–H and O–H groups in total. The van der Waals surface area contributed by atoms with E-state index in [1.165, 1.54) is 31.2 Å². The molecule has 6 nitrogen and oxygen atoms in total. The Balaban J connectivity index is 2.07. The molecule has 0 radical (unpaired) electrons. The van der Waals surface area contributed by atoms with Crippen LogP contribution in [0.15, 0.2) is 48.5 Å². The lowest BCUT2D eigenvalue weighted by atomic mass is 10.0. The Morgan fingerprint density at radius 1 is 1.12 bits per heavy atom. The largest absolute Gasteiger partial charge is 0.427 e. The average molecular weight is 340 g/mol. The third-order valence-electron chi connectivity index (χ3n) is 3.55. The molecule has 0 unspecified atom stereocenters. The molecule has 2 aromatic carbocycles. The summed E-state index contributed by atoms with van der Waals surface area (Å²) in [5, 5.41) is 2.64. The zero-order chi connectivity index (χ0) is 18.4. The molecule has 0 saturated carbocycles. The molecule has 1 atom stereocenters. The van der Waals surface area contributed by atoms with Gasteiger partial charge in [0.1, 0.15) is 11.8 Å². The maximum atomic E-state index is 12.3. The number of primary amides is 1. The summed E-state index contributed by atoms with van der Waals surface area (Å²) >= 11 is 0. The van der Waals surface area contributed by atoms with E-state index in [2.05, 4.69) is 5.32 Å². The second kappa shape index (κ2) is 8.10. The first kappa shape index (κ1) is 18.2. The van der Waals surface area contributed by atoms with Gasteiger partial charge in [-0.1, -0.05) is 29.8 Å². The molecular weight excluding hydrogens is 320 g/mol. The summed E-state index contributed by atoms with van der Waals surface area (Å²) in [6.07, 6.45) is 0.314. The Morgan fingerprint density at radius 2 is 1.80 bits per heavy atom. The van der Waals surface area contributed by atoms with Gasteiger partial charge in [-0.15, -0.1) is 0 Å². The van der Waals surface area contributed by atoms with Crippen molar-refractivity contribution in [2.75, 3.05) is 0 Å². The summed E-state index contributed by atoms with van der Waals surface area (Å²) in [4.78, 5) is 34.9. The quantitative estimate of drug-likeness (QED) is 0.618. The topological polar surface area (TPSA) is 98.5 Å². The molecule has 2 amide bonds. The normalized spacial score (nSPS) is 11.4. The van der Waals surface area contributed by atoms with Crippen molar-refractivity contribution in [2.45, 2.75) is 26.3 Å². The number of aryl methyl sites for hydroxylation is 1. The number of carbonyl (C=O) groups is 3. The lowest BCUT2D eigenvalue weighted by Crippen LogP contribution is -2.45. The van der Waals surface area contributed by atoms with E-state index in [-0.39, 0.29) is 0 Å². The highest BCUT2D eigenvalue weighted by Gasteiger charge is 2.19. The van der Waals surface area contributed by atoms with Gasteiger partial charge in [0.15, 0.2) is 0 Å². The van der Waals surface area contributed by atoms with Crippen LogP contribution in [0.3, 0.4) is 0 Å². The molecule has 0 spiro atoms. The van der Waals surface area contributed by atoms with Gasteiger partial charge in [0.05, 0.1) is 0 Å². The van der Waals surface area contributed by atoms with Gasteiger partial charge in [0.25, 0.3) is 5.91 Å². The van der Waals surface area contributed by atoms with Gasteiger partial charge in [-0.2, -0.15) is 0 Å². The summed E-state index contributed by atoms with van der Waals surface area (Å²) in [5.41, 5.74) is 7.73. The Morgan fingerprint density at radius 3 is 2.36 bits per heavy atom. The standard InChI is InChI=1S/C19H20N2O4/c1-12-4-3-5-14(10-12)11-17(18(20)23)21-19(24)15-6-8-16(9-7-15)25-13(2)22/h3-10,17H,11H2,1-2H3,(H2,20,23)(H,21,24)/t17-/m1/s1. The van der Waals surface area contributed by atoms with Crippen molar-refractivity contribution >= 4 is 17.8 Å². The van der Waals surface area contributed by atoms with Crippen LogP contribution in [0.5, 0.6) is 5.75 Å². The predicted octanol–water partition coefficient (Wildman–Crippen LogP) is 1.75. The molecule has 0 aliphatic heterocycles. The van der Waals surface area contributed by atoms with Crippen LogP contribution in [-0.4, -0.2) is 23.8 Å². The van der Waals surface area contributed by atoms with E-state index in [1.807, 2.05) is 31.2 Å². The second-order valence-corrected chi connectivity index (χ2v) is 5.74. The number of esters is 1. The fourth-order valence-corrected chi connectivity index (χ4v) is 2.38. The maximum Gasteiger partial charge on any atom is 0.308 e. The number of carbonyl (C=O) groups excluding carboxylic acids is 3. The van der Waals surface area contributed by atoms with Crippen LogP contribution in [-0.2, 0) is 16.0 Å². The van der Waals surface area contributed by atoms with Crippen LogP contribution in [0.4, 0.5) is 0 Å². The van der Waals surface area contributed by atoms with Gasteiger partial charge in [-0.25, -0.2) is 0 Å². The first-order valence-corrected chi connectivity index (χ1v) is 7.79. The number of nitrogens with two attached hydrogens (primary N) is 1. The van der Waals surface area contributed by atoms with Gasteiger partial charge in [0.2, 0.25) is 5.91 Å². The van der Waals surface area contributed by atoms with Crippen molar-refractivity contribution in [3.05, 3.63) is 65.2 Å². The van der Waals surface area contributed by atoms with Crippen molar-refractivity contribution < 1.29 is 19.1 Å². The average Bonchev–Trinajstić information content (AvgIpc) is 2.54. The van der Waals surface area contributed by atoms with Gasteiger partial charge in [-0.05, 0) is 36.8 Å². The van der Waals surface area contributed by atoms with E-state index in [0.717, 1.165) is 11.1 Å². The third kappa shape index (κ3) is 5.46.